The first-order valence-corrected chi connectivity index (χ1v) is 11.4. The molecule has 172 valence electrons. The Balaban J connectivity index is 1.61. The fourth-order valence-electron chi connectivity index (χ4n) is 4.69. The maximum Gasteiger partial charge on any atom is 0.254 e. The van der Waals surface area contributed by atoms with Gasteiger partial charge in [0.15, 0.2) is 11.5 Å². The topological polar surface area (TPSA) is 64.6 Å². The van der Waals surface area contributed by atoms with Crippen molar-refractivity contribution in [2.75, 3.05) is 20.8 Å². The third-order valence-corrected chi connectivity index (χ3v) is 6.57. The molecule has 1 aliphatic rings. The highest BCUT2D eigenvalue weighted by molar-refractivity contribution is 5.98. The Labute approximate surface area is 199 Å². The summed E-state index contributed by atoms with van der Waals surface area (Å²) in [7, 11) is 3.27. The van der Waals surface area contributed by atoms with Crippen LogP contribution in [0.1, 0.15) is 44.5 Å². The molecule has 0 fully saturated rings. The Morgan fingerprint density at radius 3 is 2.26 bits per heavy atom. The molecular weight excluding hydrogens is 426 g/mol. The zero-order valence-corrected chi connectivity index (χ0v) is 19.8. The highest BCUT2D eigenvalue weighted by atomic mass is 16.5. The van der Waals surface area contributed by atoms with Crippen molar-refractivity contribution < 1.29 is 14.3 Å². The van der Waals surface area contributed by atoms with Crippen LogP contribution in [0.4, 0.5) is 0 Å². The molecule has 34 heavy (non-hydrogen) atoms. The molecule has 1 atom stereocenters. The molecule has 0 aliphatic carbocycles. The molecule has 5 rings (SSSR count). The Kier molecular flexibility index (Phi) is 5.65. The summed E-state index contributed by atoms with van der Waals surface area (Å²) >= 11 is 0. The molecule has 0 N–H and O–H groups in total. The fourth-order valence-corrected chi connectivity index (χ4v) is 4.69. The van der Waals surface area contributed by atoms with Gasteiger partial charge >= 0.3 is 0 Å². The highest BCUT2D eigenvalue weighted by Crippen LogP contribution is 2.41. The van der Waals surface area contributed by atoms with Crippen molar-refractivity contribution in [2.24, 2.45) is 0 Å². The van der Waals surface area contributed by atoms with Crippen LogP contribution in [0.25, 0.3) is 11.0 Å². The minimum absolute atomic E-state index is 0.0313. The standard InChI is InChI=1S/C28H27N3O3/c1-17-18(2)30-24-14-21(10-11-23(24)29-17)28(32)31-13-12-20-15-25(33-3)26(34-4)16-22(20)27(31)19-8-6-5-7-9-19/h5-11,14-16,27H,12-13H2,1-4H3. The van der Waals surface area contributed by atoms with Gasteiger partial charge in [-0.1, -0.05) is 30.3 Å². The maximum absolute atomic E-state index is 13.9. The molecule has 3 aromatic carbocycles. The zero-order chi connectivity index (χ0) is 23.8. The zero-order valence-electron chi connectivity index (χ0n) is 19.8. The van der Waals surface area contributed by atoms with E-state index >= 15 is 0 Å². The van der Waals surface area contributed by atoms with Crippen molar-refractivity contribution >= 4 is 16.9 Å². The second kappa shape index (κ2) is 8.78. The van der Waals surface area contributed by atoms with Gasteiger partial charge in [0.2, 0.25) is 0 Å². The molecule has 6 heteroatoms. The lowest BCUT2D eigenvalue weighted by molar-refractivity contribution is 0.0694. The summed E-state index contributed by atoms with van der Waals surface area (Å²) in [5.74, 6) is 1.33. The normalized spacial score (nSPS) is 15.2. The van der Waals surface area contributed by atoms with Gasteiger partial charge in [-0.2, -0.15) is 0 Å². The molecule has 0 bridgehead atoms. The van der Waals surface area contributed by atoms with E-state index in [1.165, 1.54) is 0 Å². The average molecular weight is 454 g/mol. The summed E-state index contributed by atoms with van der Waals surface area (Å²) in [6, 6.07) is 19.5. The number of carbonyl (C=O) groups is 1. The number of carbonyl (C=O) groups excluding carboxylic acids is 1. The maximum atomic E-state index is 13.9. The lowest BCUT2D eigenvalue weighted by Crippen LogP contribution is -2.40. The van der Waals surface area contributed by atoms with Gasteiger partial charge in [-0.05, 0) is 67.3 Å². The number of amides is 1. The van der Waals surface area contributed by atoms with Crippen molar-refractivity contribution in [1.82, 2.24) is 14.9 Å². The summed E-state index contributed by atoms with van der Waals surface area (Å²) < 4.78 is 11.1. The van der Waals surface area contributed by atoms with Gasteiger partial charge in [0.1, 0.15) is 0 Å². The summed E-state index contributed by atoms with van der Waals surface area (Å²) in [4.78, 5) is 25.1. The van der Waals surface area contributed by atoms with E-state index in [9.17, 15) is 4.79 Å². The number of ether oxygens (including phenoxy) is 2. The fraction of sp³-hybridized carbons (Fsp3) is 0.250. The molecule has 0 radical (unpaired) electrons. The van der Waals surface area contributed by atoms with Crippen LogP contribution >= 0.6 is 0 Å². The number of aromatic nitrogens is 2. The average Bonchev–Trinajstić information content (AvgIpc) is 2.87. The van der Waals surface area contributed by atoms with E-state index in [2.05, 4.69) is 22.1 Å². The molecule has 2 heterocycles. The predicted molar refractivity (Wildman–Crippen MR) is 132 cm³/mol. The number of hydrogen-bond donors (Lipinski definition) is 0. The molecule has 6 nitrogen and oxygen atoms in total. The molecular formula is C28H27N3O3. The lowest BCUT2D eigenvalue weighted by atomic mass is 9.87. The largest absolute Gasteiger partial charge is 0.493 e. The van der Waals surface area contributed by atoms with Crippen LogP contribution in [-0.4, -0.2) is 41.5 Å². The van der Waals surface area contributed by atoms with E-state index in [0.717, 1.165) is 45.5 Å². The van der Waals surface area contributed by atoms with Gasteiger partial charge in [-0.15, -0.1) is 0 Å². The van der Waals surface area contributed by atoms with E-state index in [0.29, 0.717) is 23.6 Å². The van der Waals surface area contributed by atoms with Gasteiger partial charge in [0.25, 0.3) is 5.91 Å². The van der Waals surface area contributed by atoms with E-state index in [1.54, 1.807) is 14.2 Å². The van der Waals surface area contributed by atoms with Crippen molar-refractivity contribution in [1.29, 1.82) is 0 Å². The van der Waals surface area contributed by atoms with Crippen LogP contribution in [0.5, 0.6) is 11.5 Å². The Bertz CT molecular complexity index is 1390. The first-order valence-electron chi connectivity index (χ1n) is 11.4. The van der Waals surface area contributed by atoms with Gasteiger partial charge in [-0.25, -0.2) is 9.97 Å². The molecule has 0 saturated heterocycles. The molecule has 1 unspecified atom stereocenters. The SMILES string of the molecule is COc1cc2c(cc1OC)C(c1ccccc1)N(C(=O)c1ccc3nc(C)c(C)nc3c1)CC2. The molecule has 1 aromatic heterocycles. The molecule has 0 saturated carbocycles. The van der Waals surface area contributed by atoms with Crippen LogP contribution in [-0.2, 0) is 6.42 Å². The highest BCUT2D eigenvalue weighted by Gasteiger charge is 2.34. The summed E-state index contributed by atoms with van der Waals surface area (Å²) in [5.41, 5.74) is 7.15. The summed E-state index contributed by atoms with van der Waals surface area (Å²) in [5, 5.41) is 0. The quantitative estimate of drug-likeness (QED) is 0.433. The number of rotatable bonds is 4. The number of fused-ring (bicyclic) bond motifs is 2. The third kappa shape index (κ3) is 3.75. The van der Waals surface area contributed by atoms with E-state index < -0.39 is 0 Å². The van der Waals surface area contributed by atoms with Crippen LogP contribution in [0.2, 0.25) is 0 Å². The number of methoxy groups -OCH3 is 2. The lowest BCUT2D eigenvalue weighted by Gasteiger charge is -2.38. The Morgan fingerprint density at radius 1 is 0.882 bits per heavy atom. The Morgan fingerprint density at radius 2 is 1.56 bits per heavy atom. The number of hydrogen-bond acceptors (Lipinski definition) is 5. The summed E-state index contributed by atoms with van der Waals surface area (Å²) in [6.07, 6.45) is 0.733. The van der Waals surface area contributed by atoms with Crippen LogP contribution in [0, 0.1) is 13.8 Å². The third-order valence-electron chi connectivity index (χ3n) is 6.57. The molecule has 4 aromatic rings. The van der Waals surface area contributed by atoms with E-state index in [4.69, 9.17) is 9.47 Å². The first kappa shape index (κ1) is 21.9. The van der Waals surface area contributed by atoms with Crippen molar-refractivity contribution in [3.8, 4) is 11.5 Å². The van der Waals surface area contributed by atoms with E-state index in [-0.39, 0.29) is 11.9 Å². The summed E-state index contributed by atoms with van der Waals surface area (Å²) in [6.45, 7) is 4.47. The minimum Gasteiger partial charge on any atom is -0.493 e. The van der Waals surface area contributed by atoms with Gasteiger partial charge in [-0.3, -0.25) is 4.79 Å². The number of aryl methyl sites for hydroxylation is 2. The van der Waals surface area contributed by atoms with Crippen LogP contribution < -0.4 is 9.47 Å². The minimum atomic E-state index is -0.237. The molecule has 0 spiro atoms. The van der Waals surface area contributed by atoms with Gasteiger partial charge in [0.05, 0.1) is 42.7 Å². The van der Waals surface area contributed by atoms with Crippen molar-refractivity contribution in [2.45, 2.75) is 26.3 Å². The van der Waals surface area contributed by atoms with Gasteiger partial charge in [0, 0.05) is 12.1 Å². The van der Waals surface area contributed by atoms with Gasteiger partial charge < -0.3 is 14.4 Å². The predicted octanol–water partition coefficient (Wildman–Crippen LogP) is 5.05. The smallest absolute Gasteiger partial charge is 0.254 e. The first-order chi connectivity index (χ1) is 16.5. The molecule has 1 amide bonds. The Hall–Kier alpha value is -3.93. The number of nitrogens with zero attached hydrogens (tertiary/aromatic N) is 3. The van der Waals surface area contributed by atoms with E-state index in [1.807, 2.05) is 67.3 Å². The second-order valence-electron chi connectivity index (χ2n) is 8.57. The van der Waals surface area contributed by atoms with Crippen molar-refractivity contribution in [3.63, 3.8) is 0 Å². The monoisotopic (exact) mass is 453 g/mol. The van der Waals surface area contributed by atoms with Crippen molar-refractivity contribution in [3.05, 3.63) is 94.3 Å². The van der Waals surface area contributed by atoms with Crippen LogP contribution in [0.15, 0.2) is 60.7 Å². The number of benzene rings is 3. The second-order valence-corrected chi connectivity index (χ2v) is 8.57. The molecule has 1 aliphatic heterocycles. The van der Waals surface area contributed by atoms with Crippen LogP contribution in [0.3, 0.4) is 0 Å².